The molecule has 0 saturated carbocycles. The summed E-state index contributed by atoms with van der Waals surface area (Å²) in [7, 11) is 0. The maximum atomic E-state index is 4.71. The van der Waals surface area contributed by atoms with Crippen LogP contribution in [0.1, 0.15) is 40.1 Å². The van der Waals surface area contributed by atoms with Gasteiger partial charge in [0.1, 0.15) is 0 Å². The van der Waals surface area contributed by atoms with Gasteiger partial charge in [-0.05, 0) is 116 Å². The highest BCUT2D eigenvalue weighted by atomic mass is 32.1. The number of hydrogen-bond donors (Lipinski definition) is 0. The Balaban J connectivity index is 1.18. The van der Waals surface area contributed by atoms with Gasteiger partial charge in [-0.3, -0.25) is 19.9 Å². The third kappa shape index (κ3) is 5.05. The molecule has 4 nitrogen and oxygen atoms in total. The number of allylic oxidation sites excluding steroid dienone is 2. The summed E-state index contributed by atoms with van der Waals surface area (Å²) in [6, 6.07) is 25.1. The smallest absolute Gasteiger partial charge is 0.0886 e. The molecule has 0 saturated heterocycles. The predicted molar refractivity (Wildman–Crippen MR) is 172 cm³/mol. The molecule has 200 valence electrons. The minimum Gasteiger partial charge on any atom is -0.255 e. The fourth-order valence-electron chi connectivity index (χ4n) is 5.60. The molecule has 0 amide bonds. The number of nitrogens with zero attached hydrogens (tertiary/aromatic N) is 4. The zero-order valence-corrected chi connectivity index (χ0v) is 24.6. The number of pyridine rings is 4. The molecule has 1 aliphatic rings. The quantitative estimate of drug-likeness (QED) is 0.201. The molecule has 0 spiro atoms. The molecule has 0 unspecified atom stereocenters. The van der Waals surface area contributed by atoms with E-state index in [1.807, 2.05) is 71.5 Å². The molecule has 0 fully saturated rings. The monoisotopic (exact) mass is 568 g/mol. The van der Waals surface area contributed by atoms with E-state index < -0.39 is 0 Å². The molecule has 6 heterocycles. The van der Waals surface area contributed by atoms with Gasteiger partial charge in [-0.15, -0.1) is 22.7 Å². The normalized spacial score (nSPS) is 13.2. The van der Waals surface area contributed by atoms with E-state index in [1.54, 1.807) is 12.4 Å². The molecule has 0 bridgehead atoms. The Kier molecular flexibility index (Phi) is 6.87. The molecule has 0 radical (unpaired) electrons. The summed E-state index contributed by atoms with van der Waals surface area (Å²) < 4.78 is 0. The Morgan fingerprint density at radius 1 is 0.537 bits per heavy atom. The zero-order chi connectivity index (χ0) is 27.8. The van der Waals surface area contributed by atoms with E-state index in [2.05, 4.69) is 60.2 Å². The summed E-state index contributed by atoms with van der Waals surface area (Å²) in [5.74, 6) is 0. The lowest BCUT2D eigenvalue weighted by Gasteiger charge is -2.07. The van der Waals surface area contributed by atoms with E-state index in [1.165, 1.54) is 48.2 Å². The molecular weight excluding hydrogens is 541 g/mol. The maximum Gasteiger partial charge on any atom is 0.0886 e. The molecule has 41 heavy (non-hydrogen) atoms. The van der Waals surface area contributed by atoms with Gasteiger partial charge in [-0.1, -0.05) is 12.1 Å². The fraction of sp³-hybridized carbons (Fsp3) is 0.143. The van der Waals surface area contributed by atoms with Crippen LogP contribution in [0.4, 0.5) is 0 Å². The van der Waals surface area contributed by atoms with Gasteiger partial charge in [-0.2, -0.15) is 0 Å². The molecule has 6 aromatic rings. The average Bonchev–Trinajstić information content (AvgIpc) is 3.76. The first kappa shape index (κ1) is 25.7. The number of aryl methyl sites for hydroxylation is 2. The zero-order valence-electron chi connectivity index (χ0n) is 23.0. The number of aromatic nitrogens is 4. The summed E-state index contributed by atoms with van der Waals surface area (Å²) in [5, 5.41) is 0. The summed E-state index contributed by atoms with van der Waals surface area (Å²) in [4.78, 5) is 23.6. The largest absolute Gasteiger partial charge is 0.255 e. The van der Waals surface area contributed by atoms with Crippen molar-refractivity contribution < 1.29 is 0 Å². The first-order valence-corrected chi connectivity index (χ1v) is 15.5. The van der Waals surface area contributed by atoms with Crippen LogP contribution in [0.2, 0.25) is 0 Å². The van der Waals surface area contributed by atoms with Crippen LogP contribution in [0.15, 0.2) is 97.6 Å². The van der Waals surface area contributed by atoms with Crippen LogP contribution in [0.3, 0.4) is 0 Å². The van der Waals surface area contributed by atoms with Crippen LogP contribution >= 0.6 is 22.7 Å². The molecule has 6 heteroatoms. The van der Waals surface area contributed by atoms with Crippen LogP contribution in [-0.2, 0) is 0 Å². The Labute approximate surface area is 248 Å². The second-order valence-corrected chi connectivity index (χ2v) is 12.8. The van der Waals surface area contributed by atoms with Gasteiger partial charge in [0.2, 0.25) is 0 Å². The van der Waals surface area contributed by atoms with E-state index >= 15 is 0 Å². The lowest BCUT2D eigenvalue weighted by Crippen LogP contribution is -1.87. The van der Waals surface area contributed by atoms with Crippen molar-refractivity contribution in [1.29, 1.82) is 0 Å². The van der Waals surface area contributed by atoms with Gasteiger partial charge in [0.15, 0.2) is 0 Å². The fourth-order valence-corrected chi connectivity index (χ4v) is 7.67. The number of rotatable bonds is 6. The van der Waals surface area contributed by atoms with Gasteiger partial charge in [0.05, 0.1) is 22.8 Å². The van der Waals surface area contributed by atoms with Crippen LogP contribution in [0.5, 0.6) is 0 Å². The summed E-state index contributed by atoms with van der Waals surface area (Å²) in [5.41, 5.74) is 11.7. The maximum absolute atomic E-state index is 4.71. The van der Waals surface area contributed by atoms with E-state index in [4.69, 9.17) is 9.97 Å². The van der Waals surface area contributed by atoms with E-state index in [-0.39, 0.29) is 0 Å². The third-order valence-corrected chi connectivity index (χ3v) is 9.85. The second-order valence-electron chi connectivity index (χ2n) is 10.3. The van der Waals surface area contributed by atoms with Gasteiger partial charge in [0.25, 0.3) is 0 Å². The summed E-state index contributed by atoms with van der Waals surface area (Å²) in [6.45, 7) is 4.51. The molecule has 6 aromatic heterocycles. The van der Waals surface area contributed by atoms with E-state index in [0.29, 0.717) is 0 Å². The molecule has 0 aliphatic heterocycles. The van der Waals surface area contributed by atoms with Crippen molar-refractivity contribution in [1.82, 2.24) is 19.9 Å². The average molecular weight is 569 g/mol. The topological polar surface area (TPSA) is 51.6 Å². The molecule has 0 atom stereocenters. The van der Waals surface area contributed by atoms with Gasteiger partial charge >= 0.3 is 0 Å². The lowest BCUT2D eigenvalue weighted by molar-refractivity contribution is 0.941. The predicted octanol–water partition coefficient (Wildman–Crippen LogP) is 9.77. The van der Waals surface area contributed by atoms with Crippen LogP contribution in [0, 0.1) is 13.8 Å². The minimum atomic E-state index is 0.897. The van der Waals surface area contributed by atoms with Crippen molar-refractivity contribution in [2.24, 2.45) is 0 Å². The molecule has 0 aromatic carbocycles. The summed E-state index contributed by atoms with van der Waals surface area (Å²) in [6.07, 6.45) is 11.0. The third-order valence-electron chi connectivity index (χ3n) is 7.65. The number of thiophene rings is 2. The second kappa shape index (κ2) is 11.0. The molecule has 1 aliphatic carbocycles. The van der Waals surface area contributed by atoms with Crippen molar-refractivity contribution in [3.05, 3.63) is 118 Å². The van der Waals surface area contributed by atoms with E-state index in [9.17, 15) is 0 Å². The van der Waals surface area contributed by atoms with Crippen LogP contribution in [-0.4, -0.2) is 19.9 Å². The highest BCUT2D eigenvalue weighted by Gasteiger charge is 2.23. The summed E-state index contributed by atoms with van der Waals surface area (Å²) >= 11 is 3.72. The van der Waals surface area contributed by atoms with Gasteiger partial charge in [-0.25, -0.2) is 0 Å². The van der Waals surface area contributed by atoms with Crippen molar-refractivity contribution in [2.75, 3.05) is 0 Å². The first-order chi connectivity index (χ1) is 20.1. The van der Waals surface area contributed by atoms with Crippen LogP contribution < -0.4 is 0 Å². The van der Waals surface area contributed by atoms with Crippen LogP contribution in [0.25, 0.3) is 54.8 Å². The first-order valence-electron chi connectivity index (χ1n) is 13.8. The Morgan fingerprint density at radius 2 is 1.00 bits per heavy atom. The minimum absolute atomic E-state index is 0.897. The molecule has 0 N–H and O–H groups in total. The van der Waals surface area contributed by atoms with Gasteiger partial charge < -0.3 is 0 Å². The Bertz CT molecular complexity index is 1710. The Morgan fingerprint density at radius 3 is 1.39 bits per heavy atom. The highest BCUT2D eigenvalue weighted by molar-refractivity contribution is 7.16. The molecule has 7 rings (SSSR count). The van der Waals surface area contributed by atoms with Crippen molar-refractivity contribution in [3.8, 4) is 43.7 Å². The lowest BCUT2D eigenvalue weighted by atomic mass is 9.97. The van der Waals surface area contributed by atoms with E-state index in [0.717, 1.165) is 46.7 Å². The van der Waals surface area contributed by atoms with Gasteiger partial charge in [0, 0.05) is 55.4 Å². The highest BCUT2D eigenvalue weighted by Crippen LogP contribution is 2.47. The standard InChI is InChI=1S/C35H28N4S2/c1-22-28(18-34(40-22)24-12-14-32(38-20-24)30-10-3-5-16-36-30)26-8-7-9-27(26)29-19-35(41-23(29)2)25-13-15-33(39-21-25)31-11-4-6-17-37-31/h3-6,10-21H,7-9H2,1-2H3. The van der Waals surface area contributed by atoms with Crippen molar-refractivity contribution >= 4 is 33.8 Å². The van der Waals surface area contributed by atoms with Crippen molar-refractivity contribution in [2.45, 2.75) is 33.1 Å². The van der Waals surface area contributed by atoms with Crippen molar-refractivity contribution in [3.63, 3.8) is 0 Å². The Hall–Kier alpha value is -4.26. The molecular formula is C35H28N4S2. The number of hydrogen-bond acceptors (Lipinski definition) is 6. The SMILES string of the molecule is Cc1sc(-c2ccc(-c3ccccn3)nc2)cc1C1=C(c2cc(-c3ccc(-c4ccccn4)nc3)sc2C)CCC1.